The highest BCUT2D eigenvalue weighted by Crippen LogP contribution is 2.40. The second kappa shape index (κ2) is 7.84. The normalized spacial score (nSPS) is 22.2. The summed E-state index contributed by atoms with van der Waals surface area (Å²) in [5, 5.41) is 3.64. The molecular weight excluding hydrogens is 258 g/mol. The van der Waals surface area contributed by atoms with E-state index in [1.165, 1.54) is 24.8 Å². The zero-order valence-electron chi connectivity index (χ0n) is 14.1. The fourth-order valence-corrected chi connectivity index (χ4v) is 3.37. The molecule has 1 saturated carbocycles. The van der Waals surface area contributed by atoms with Gasteiger partial charge in [0.2, 0.25) is 0 Å². The lowest BCUT2D eigenvalue weighted by Crippen LogP contribution is -2.27. The highest BCUT2D eigenvalue weighted by atomic mass is 16.5. The first-order chi connectivity index (χ1) is 10.1. The third-order valence-corrected chi connectivity index (χ3v) is 4.28. The van der Waals surface area contributed by atoms with E-state index in [2.05, 4.69) is 57.3 Å². The number of hydrogen-bond acceptors (Lipinski definition) is 2. The lowest BCUT2D eigenvalue weighted by Gasteiger charge is -2.22. The minimum Gasteiger partial charge on any atom is -0.491 e. The topological polar surface area (TPSA) is 21.3 Å². The zero-order valence-corrected chi connectivity index (χ0v) is 14.1. The molecule has 21 heavy (non-hydrogen) atoms. The van der Waals surface area contributed by atoms with E-state index in [0.29, 0.717) is 5.92 Å². The minimum absolute atomic E-state index is 0.243. The van der Waals surface area contributed by atoms with Gasteiger partial charge in [0, 0.05) is 0 Å². The van der Waals surface area contributed by atoms with E-state index in [4.69, 9.17) is 4.74 Å². The molecule has 2 atom stereocenters. The molecular formula is C19H31NO. The van der Waals surface area contributed by atoms with Crippen LogP contribution in [0.4, 0.5) is 0 Å². The van der Waals surface area contributed by atoms with Crippen LogP contribution in [0.1, 0.15) is 58.4 Å². The van der Waals surface area contributed by atoms with Crippen molar-refractivity contribution < 1.29 is 4.74 Å². The Kier molecular flexibility index (Phi) is 6.10. The van der Waals surface area contributed by atoms with Crippen molar-refractivity contribution in [3.63, 3.8) is 0 Å². The molecule has 2 unspecified atom stereocenters. The zero-order chi connectivity index (χ0) is 15.2. The van der Waals surface area contributed by atoms with Gasteiger partial charge in [0.1, 0.15) is 5.75 Å². The van der Waals surface area contributed by atoms with Gasteiger partial charge in [0.25, 0.3) is 0 Å². The first kappa shape index (κ1) is 16.4. The molecule has 1 aliphatic rings. The summed E-state index contributed by atoms with van der Waals surface area (Å²) >= 11 is 0. The Morgan fingerprint density at radius 2 is 2.00 bits per heavy atom. The van der Waals surface area contributed by atoms with Gasteiger partial charge in [-0.3, -0.25) is 0 Å². The van der Waals surface area contributed by atoms with Crippen LogP contribution in [-0.4, -0.2) is 19.2 Å². The summed E-state index contributed by atoms with van der Waals surface area (Å²) in [5.41, 5.74) is 1.46. The van der Waals surface area contributed by atoms with E-state index in [-0.39, 0.29) is 6.10 Å². The maximum Gasteiger partial charge on any atom is 0.119 e. The summed E-state index contributed by atoms with van der Waals surface area (Å²) in [6, 6.07) is 8.75. The van der Waals surface area contributed by atoms with Crippen LogP contribution in [0.2, 0.25) is 0 Å². The molecule has 0 aliphatic heterocycles. The van der Waals surface area contributed by atoms with Gasteiger partial charge < -0.3 is 10.1 Å². The van der Waals surface area contributed by atoms with Crippen LogP contribution >= 0.6 is 0 Å². The standard InChI is InChI=1S/C19H31NO/c1-14(2)12-20-13-17-8-6-10-19(17)16-7-5-9-18(11-16)21-15(3)4/h5,7,9,11,14-15,17,19-20H,6,8,10,12-13H2,1-4H3. The first-order valence-electron chi connectivity index (χ1n) is 8.53. The molecule has 1 aliphatic carbocycles. The number of nitrogens with one attached hydrogen (secondary N) is 1. The van der Waals surface area contributed by atoms with Gasteiger partial charge in [0.15, 0.2) is 0 Å². The number of rotatable bonds is 7. The van der Waals surface area contributed by atoms with Gasteiger partial charge in [-0.15, -0.1) is 0 Å². The van der Waals surface area contributed by atoms with Crippen LogP contribution in [0.25, 0.3) is 0 Å². The average Bonchev–Trinajstić information content (AvgIpc) is 2.86. The maximum absolute atomic E-state index is 5.85. The Labute approximate surface area is 130 Å². The Balaban J connectivity index is 1.98. The van der Waals surface area contributed by atoms with Gasteiger partial charge in [-0.25, -0.2) is 0 Å². The first-order valence-corrected chi connectivity index (χ1v) is 8.53. The third-order valence-electron chi connectivity index (χ3n) is 4.28. The number of benzene rings is 1. The Morgan fingerprint density at radius 3 is 2.71 bits per heavy atom. The van der Waals surface area contributed by atoms with Gasteiger partial charge in [-0.1, -0.05) is 32.4 Å². The molecule has 0 aromatic heterocycles. The van der Waals surface area contributed by atoms with Gasteiger partial charge in [0.05, 0.1) is 6.10 Å². The molecule has 0 radical (unpaired) electrons. The summed E-state index contributed by atoms with van der Waals surface area (Å²) < 4.78 is 5.85. The van der Waals surface area contributed by atoms with Crippen LogP contribution < -0.4 is 10.1 Å². The van der Waals surface area contributed by atoms with Crippen molar-refractivity contribution in [3.05, 3.63) is 29.8 Å². The van der Waals surface area contributed by atoms with Crippen LogP contribution in [0.5, 0.6) is 5.75 Å². The predicted molar refractivity (Wildman–Crippen MR) is 90.0 cm³/mol. The molecule has 0 bridgehead atoms. The van der Waals surface area contributed by atoms with E-state index < -0.39 is 0 Å². The van der Waals surface area contributed by atoms with Gasteiger partial charge >= 0.3 is 0 Å². The Hall–Kier alpha value is -1.02. The molecule has 2 heteroatoms. The predicted octanol–water partition coefficient (Wildman–Crippen LogP) is 4.60. The van der Waals surface area contributed by atoms with Crippen LogP contribution in [0.3, 0.4) is 0 Å². The molecule has 0 amide bonds. The van der Waals surface area contributed by atoms with Crippen molar-refractivity contribution in [2.45, 2.75) is 59.0 Å². The molecule has 118 valence electrons. The van der Waals surface area contributed by atoms with Crippen molar-refractivity contribution in [2.75, 3.05) is 13.1 Å². The SMILES string of the molecule is CC(C)CNCC1CCCC1c1cccc(OC(C)C)c1. The van der Waals surface area contributed by atoms with Crippen molar-refractivity contribution in [1.82, 2.24) is 5.32 Å². The Morgan fingerprint density at radius 1 is 1.19 bits per heavy atom. The summed E-state index contributed by atoms with van der Waals surface area (Å²) in [7, 11) is 0. The highest BCUT2D eigenvalue weighted by Gasteiger charge is 2.28. The van der Waals surface area contributed by atoms with E-state index in [0.717, 1.165) is 30.7 Å². The molecule has 2 rings (SSSR count). The molecule has 2 nitrogen and oxygen atoms in total. The monoisotopic (exact) mass is 289 g/mol. The fraction of sp³-hybridized carbons (Fsp3) is 0.684. The van der Waals surface area contributed by atoms with Crippen molar-refractivity contribution in [2.24, 2.45) is 11.8 Å². The second-order valence-electron chi connectivity index (χ2n) is 7.09. The second-order valence-corrected chi connectivity index (χ2v) is 7.09. The highest BCUT2D eigenvalue weighted by molar-refractivity contribution is 5.32. The lowest BCUT2D eigenvalue weighted by atomic mass is 9.88. The molecule has 0 heterocycles. The largest absolute Gasteiger partial charge is 0.491 e. The average molecular weight is 289 g/mol. The van der Waals surface area contributed by atoms with E-state index >= 15 is 0 Å². The van der Waals surface area contributed by atoms with E-state index in [1.54, 1.807) is 0 Å². The quantitative estimate of drug-likeness (QED) is 0.792. The Bertz CT molecular complexity index is 427. The van der Waals surface area contributed by atoms with Crippen molar-refractivity contribution in [1.29, 1.82) is 0 Å². The summed E-state index contributed by atoms with van der Waals surface area (Å²) in [6.45, 7) is 11.0. The third kappa shape index (κ3) is 5.03. The molecule has 1 N–H and O–H groups in total. The molecule has 0 spiro atoms. The molecule has 1 fully saturated rings. The van der Waals surface area contributed by atoms with Crippen LogP contribution in [-0.2, 0) is 0 Å². The van der Waals surface area contributed by atoms with Crippen LogP contribution in [0, 0.1) is 11.8 Å². The smallest absolute Gasteiger partial charge is 0.119 e. The summed E-state index contributed by atoms with van der Waals surface area (Å²) in [5.74, 6) is 3.22. The molecule has 1 aromatic rings. The van der Waals surface area contributed by atoms with Gasteiger partial charge in [-0.05, 0) is 75.2 Å². The van der Waals surface area contributed by atoms with Gasteiger partial charge in [-0.2, -0.15) is 0 Å². The lowest BCUT2D eigenvalue weighted by molar-refractivity contribution is 0.242. The van der Waals surface area contributed by atoms with Crippen molar-refractivity contribution >= 4 is 0 Å². The van der Waals surface area contributed by atoms with E-state index in [9.17, 15) is 0 Å². The summed E-state index contributed by atoms with van der Waals surface area (Å²) in [6.07, 6.45) is 4.27. The maximum atomic E-state index is 5.85. The van der Waals surface area contributed by atoms with Crippen LogP contribution in [0.15, 0.2) is 24.3 Å². The fourth-order valence-electron chi connectivity index (χ4n) is 3.37. The molecule has 1 aromatic carbocycles. The summed E-state index contributed by atoms with van der Waals surface area (Å²) in [4.78, 5) is 0. The van der Waals surface area contributed by atoms with E-state index in [1.807, 2.05) is 0 Å². The minimum atomic E-state index is 0.243. The number of ether oxygens (including phenoxy) is 1. The molecule has 0 saturated heterocycles. The van der Waals surface area contributed by atoms with Crippen molar-refractivity contribution in [3.8, 4) is 5.75 Å². The number of hydrogen-bond donors (Lipinski definition) is 1.